The van der Waals surface area contributed by atoms with Gasteiger partial charge in [-0.3, -0.25) is 9.89 Å². The lowest BCUT2D eigenvalue weighted by molar-refractivity contribution is -0.116. The van der Waals surface area contributed by atoms with Crippen molar-refractivity contribution in [1.82, 2.24) is 20.5 Å². The molecule has 0 aliphatic heterocycles. The maximum atomic E-state index is 12.2. The first-order chi connectivity index (χ1) is 15.6. The number of nitrogens with one attached hydrogen (secondary N) is 2. The van der Waals surface area contributed by atoms with Crippen molar-refractivity contribution >= 4 is 12.0 Å². The number of H-pyrrole nitrogens is 1. The monoisotopic (exact) mass is 436 g/mol. The van der Waals surface area contributed by atoms with Gasteiger partial charge in [-0.25, -0.2) is 4.98 Å². The summed E-state index contributed by atoms with van der Waals surface area (Å²) < 4.78 is 16.5. The van der Waals surface area contributed by atoms with Crippen LogP contribution in [0.4, 0.5) is 0 Å². The van der Waals surface area contributed by atoms with Crippen LogP contribution in [-0.4, -0.2) is 41.4 Å². The Morgan fingerprint density at radius 3 is 2.62 bits per heavy atom. The summed E-state index contributed by atoms with van der Waals surface area (Å²) in [5.41, 5.74) is 1.70. The molecule has 0 fully saturated rings. The third-order valence-corrected chi connectivity index (χ3v) is 4.47. The van der Waals surface area contributed by atoms with Gasteiger partial charge in [0.25, 0.3) is 0 Å². The smallest absolute Gasteiger partial charge is 0.244 e. The van der Waals surface area contributed by atoms with E-state index in [0.29, 0.717) is 36.4 Å². The predicted molar refractivity (Wildman–Crippen MR) is 123 cm³/mol. The number of rotatable bonds is 11. The number of hydrogen-bond acceptors (Lipinski definition) is 6. The molecule has 168 valence electrons. The Hall–Kier alpha value is -3.81. The van der Waals surface area contributed by atoms with Crippen LogP contribution in [0.1, 0.15) is 31.7 Å². The normalized spacial score (nSPS) is 10.8. The third kappa shape index (κ3) is 6.34. The van der Waals surface area contributed by atoms with Crippen LogP contribution in [0.15, 0.2) is 48.5 Å². The predicted octanol–water partition coefficient (Wildman–Crippen LogP) is 4.00. The van der Waals surface area contributed by atoms with Crippen LogP contribution in [0.2, 0.25) is 0 Å². The molecule has 32 heavy (non-hydrogen) atoms. The quantitative estimate of drug-likeness (QED) is 0.441. The molecule has 2 aromatic carbocycles. The van der Waals surface area contributed by atoms with E-state index in [4.69, 9.17) is 14.2 Å². The van der Waals surface area contributed by atoms with Crippen molar-refractivity contribution in [2.24, 2.45) is 0 Å². The lowest BCUT2D eigenvalue weighted by Gasteiger charge is -2.12. The van der Waals surface area contributed by atoms with Crippen LogP contribution in [0.3, 0.4) is 0 Å². The highest BCUT2D eigenvalue weighted by Gasteiger charge is 2.08. The van der Waals surface area contributed by atoms with Gasteiger partial charge in [0.2, 0.25) is 5.91 Å². The number of nitrogens with zero attached hydrogens (tertiary/aromatic N) is 2. The minimum atomic E-state index is -0.239. The summed E-state index contributed by atoms with van der Waals surface area (Å²) in [6.07, 6.45) is 4.11. The molecule has 3 aromatic rings. The number of hydrogen-bond donors (Lipinski definition) is 2. The van der Waals surface area contributed by atoms with Crippen LogP contribution in [-0.2, 0) is 11.3 Å². The van der Waals surface area contributed by atoms with Crippen molar-refractivity contribution in [2.45, 2.75) is 26.8 Å². The Kier molecular flexibility index (Phi) is 8.25. The molecule has 2 N–H and O–H groups in total. The summed E-state index contributed by atoms with van der Waals surface area (Å²) >= 11 is 0. The summed E-state index contributed by atoms with van der Waals surface area (Å²) in [6.45, 7) is 5.36. The maximum absolute atomic E-state index is 12.2. The molecule has 0 atom stereocenters. The van der Waals surface area contributed by atoms with Gasteiger partial charge in [-0.15, -0.1) is 0 Å². The van der Waals surface area contributed by atoms with Gasteiger partial charge in [-0.2, -0.15) is 5.10 Å². The van der Waals surface area contributed by atoms with Crippen LogP contribution in [0.25, 0.3) is 17.5 Å². The van der Waals surface area contributed by atoms with Gasteiger partial charge in [0.05, 0.1) is 26.9 Å². The van der Waals surface area contributed by atoms with E-state index >= 15 is 0 Å². The molecule has 1 aromatic heterocycles. The molecule has 1 heterocycles. The number of carbonyl (C=O) groups is 1. The average molecular weight is 437 g/mol. The summed E-state index contributed by atoms with van der Waals surface area (Å²) in [4.78, 5) is 16.6. The summed E-state index contributed by atoms with van der Waals surface area (Å²) in [6, 6.07) is 13.0. The van der Waals surface area contributed by atoms with Gasteiger partial charge in [0, 0.05) is 11.6 Å². The Bertz CT molecular complexity index is 1040. The first kappa shape index (κ1) is 22.9. The van der Waals surface area contributed by atoms with E-state index in [9.17, 15) is 4.79 Å². The minimum absolute atomic E-state index is 0.236. The largest absolute Gasteiger partial charge is 0.497 e. The maximum Gasteiger partial charge on any atom is 0.244 e. The van der Waals surface area contributed by atoms with Gasteiger partial charge in [-0.05, 0) is 61.4 Å². The Morgan fingerprint density at radius 2 is 1.91 bits per heavy atom. The second kappa shape index (κ2) is 11.5. The van der Waals surface area contributed by atoms with E-state index < -0.39 is 0 Å². The molecule has 0 radical (unpaired) electrons. The second-order valence-corrected chi connectivity index (χ2v) is 6.87. The van der Waals surface area contributed by atoms with E-state index in [-0.39, 0.29) is 12.5 Å². The first-order valence-electron chi connectivity index (χ1n) is 10.5. The molecule has 1 amide bonds. The van der Waals surface area contributed by atoms with Crippen molar-refractivity contribution in [2.75, 3.05) is 20.3 Å². The molecule has 8 nitrogen and oxygen atoms in total. The fraction of sp³-hybridized carbons (Fsp3) is 0.292. The fourth-order valence-corrected chi connectivity index (χ4v) is 2.87. The number of aromatic amines is 1. The number of amides is 1. The summed E-state index contributed by atoms with van der Waals surface area (Å²) in [7, 11) is 1.62. The lowest BCUT2D eigenvalue weighted by atomic mass is 10.2. The molecule has 0 unspecified atom stereocenters. The fourth-order valence-electron chi connectivity index (χ4n) is 2.87. The zero-order chi connectivity index (χ0) is 22.8. The second-order valence-electron chi connectivity index (χ2n) is 6.87. The van der Waals surface area contributed by atoms with E-state index in [0.717, 1.165) is 23.3 Å². The van der Waals surface area contributed by atoms with Crippen molar-refractivity contribution < 1.29 is 19.0 Å². The minimum Gasteiger partial charge on any atom is -0.497 e. The van der Waals surface area contributed by atoms with E-state index in [2.05, 4.69) is 27.4 Å². The highest BCUT2D eigenvalue weighted by atomic mass is 16.5. The number of aromatic nitrogens is 3. The van der Waals surface area contributed by atoms with Gasteiger partial charge in [0.15, 0.2) is 17.3 Å². The molecule has 0 saturated carbocycles. The molecular formula is C24H28N4O4. The number of methoxy groups -OCH3 is 1. The van der Waals surface area contributed by atoms with Crippen LogP contribution in [0, 0.1) is 0 Å². The average Bonchev–Trinajstić information content (AvgIpc) is 3.30. The van der Waals surface area contributed by atoms with Crippen LogP contribution >= 0.6 is 0 Å². The molecule has 0 bridgehead atoms. The van der Waals surface area contributed by atoms with E-state index in [1.165, 1.54) is 6.08 Å². The van der Waals surface area contributed by atoms with Gasteiger partial charge in [-0.1, -0.05) is 13.0 Å². The Morgan fingerprint density at radius 1 is 1.09 bits per heavy atom. The molecule has 0 aliphatic rings. The van der Waals surface area contributed by atoms with Gasteiger partial charge >= 0.3 is 0 Å². The highest BCUT2D eigenvalue weighted by molar-refractivity contribution is 5.91. The topological polar surface area (TPSA) is 98.4 Å². The van der Waals surface area contributed by atoms with Gasteiger partial charge in [0.1, 0.15) is 11.6 Å². The van der Waals surface area contributed by atoms with E-state index in [1.807, 2.05) is 49.4 Å². The summed E-state index contributed by atoms with van der Waals surface area (Å²) in [5, 5.41) is 9.84. The van der Waals surface area contributed by atoms with Crippen LogP contribution in [0.5, 0.6) is 17.2 Å². The highest BCUT2D eigenvalue weighted by Crippen LogP contribution is 2.29. The first-order valence-corrected chi connectivity index (χ1v) is 10.5. The molecule has 0 aliphatic carbocycles. The van der Waals surface area contributed by atoms with Crippen molar-refractivity contribution in [3.8, 4) is 28.6 Å². The molecule has 0 saturated heterocycles. The third-order valence-electron chi connectivity index (χ3n) is 4.47. The number of ether oxygens (including phenoxy) is 3. The van der Waals surface area contributed by atoms with Gasteiger partial charge < -0.3 is 19.5 Å². The SMILES string of the molecule is CCCOc1ccc(/C=C/C(=O)NCc2nc(-c3ccc(OC)cc3)n[nH]2)cc1OCC. The van der Waals surface area contributed by atoms with Crippen molar-refractivity contribution in [3.63, 3.8) is 0 Å². The van der Waals surface area contributed by atoms with E-state index in [1.54, 1.807) is 13.2 Å². The number of benzene rings is 2. The summed E-state index contributed by atoms with van der Waals surface area (Å²) in [5.74, 6) is 3.01. The van der Waals surface area contributed by atoms with Crippen LogP contribution < -0.4 is 19.5 Å². The zero-order valence-corrected chi connectivity index (χ0v) is 18.6. The standard InChI is InChI=1S/C24H28N4O4/c1-4-14-32-20-12-6-17(15-21(20)31-5-2)7-13-23(29)25-16-22-26-24(28-27-22)18-8-10-19(30-3)11-9-18/h6-13,15H,4-5,14,16H2,1-3H3,(H,25,29)(H,26,27,28)/b13-7+. The Balaban J connectivity index is 1.56. The molecule has 0 spiro atoms. The molecular weight excluding hydrogens is 408 g/mol. The lowest BCUT2D eigenvalue weighted by Crippen LogP contribution is -2.20. The number of carbonyl (C=O) groups excluding carboxylic acids is 1. The van der Waals surface area contributed by atoms with Crippen molar-refractivity contribution in [1.29, 1.82) is 0 Å². The van der Waals surface area contributed by atoms with Crippen molar-refractivity contribution in [3.05, 3.63) is 59.9 Å². The Labute approximate surface area is 187 Å². The molecule has 8 heteroatoms. The molecule has 3 rings (SSSR count). The zero-order valence-electron chi connectivity index (χ0n) is 18.6.